The summed E-state index contributed by atoms with van der Waals surface area (Å²) in [4.78, 5) is 58.1. The van der Waals surface area contributed by atoms with Crippen molar-refractivity contribution in [2.24, 2.45) is 0 Å². The van der Waals surface area contributed by atoms with Crippen LogP contribution in [-0.2, 0) is 55.8 Å². The van der Waals surface area contributed by atoms with Crippen LogP contribution in [0.4, 0.5) is 0 Å². The fourth-order valence-corrected chi connectivity index (χ4v) is 9.60. The zero-order valence-corrected chi connectivity index (χ0v) is 52.2. The van der Waals surface area contributed by atoms with Gasteiger partial charge in [0.05, 0.1) is 26.4 Å². The van der Waals surface area contributed by atoms with Gasteiger partial charge in [0.15, 0.2) is 6.10 Å². The van der Waals surface area contributed by atoms with E-state index in [1.807, 2.05) is 0 Å². The summed E-state index contributed by atoms with van der Waals surface area (Å²) in [6.07, 6.45) is 56.7. The summed E-state index contributed by atoms with van der Waals surface area (Å²) in [6, 6.07) is 0. The Balaban J connectivity index is 4.75. The van der Waals surface area contributed by atoms with Crippen molar-refractivity contribution in [2.75, 3.05) is 39.6 Å². The maximum Gasteiger partial charge on any atom is 0.472 e. The minimum absolute atomic E-state index is 0.0857. The number of rotatable bonds is 59. The van der Waals surface area contributed by atoms with Crippen LogP contribution in [0.25, 0.3) is 0 Å². The number of phosphoric ester groups is 2. The molecule has 2 unspecified atom stereocenters. The monoisotopic (exact) mass is 1190 g/mol. The van der Waals surface area contributed by atoms with Gasteiger partial charge in [-0.3, -0.25) is 32.5 Å². The van der Waals surface area contributed by atoms with Gasteiger partial charge in [-0.25, -0.2) is 9.13 Å². The molecule has 16 nitrogen and oxygen atoms in total. The predicted molar refractivity (Wildman–Crippen MR) is 325 cm³/mol. The van der Waals surface area contributed by atoms with E-state index < -0.39 is 91.5 Å². The third-order valence-electron chi connectivity index (χ3n) is 12.9. The van der Waals surface area contributed by atoms with E-state index in [1.54, 1.807) is 0 Å². The van der Waals surface area contributed by atoms with Gasteiger partial charge in [-0.05, 0) is 116 Å². The SMILES string of the molecule is CCCCC/C=C\C/C=C\CCCCCCCC(=O)OC[C@H](O)COP(=O)(O)OC[C@H](O)COP(=O)(O)OC[C@H](COC(=O)CCCCCCC/C=C\C/C=C\CCCCC)OC(=O)CCCCCCC/C=C\C/C=C\CCCCC. The third kappa shape index (κ3) is 58.6. The molecule has 0 saturated carbocycles. The standard InChI is InChI=1S/C63H112O16P2/c1-4-7-10-13-16-19-22-25-28-31-34-37-40-43-46-49-61(66)73-52-58(64)53-75-80(69,70)76-54-59(65)55-77-81(71,72)78-57-60(79-63(68)51-48-45-42-39-36-33-30-27-24-21-18-15-12-9-6-3)56-74-62(67)50-47-44-41-38-35-32-29-26-23-20-17-14-11-8-5-2/h16-21,25-30,58-60,64-65H,4-15,22-24,31-57H2,1-3H3,(H,69,70)(H,71,72)/b19-16-,20-17-,21-18-,28-25-,29-26-,30-27-/t58-,59-,60-/m0/s1. The molecule has 18 heteroatoms. The van der Waals surface area contributed by atoms with Crippen molar-refractivity contribution in [1.29, 1.82) is 0 Å². The normalized spacial score (nSPS) is 14.9. The van der Waals surface area contributed by atoms with Crippen LogP contribution in [-0.4, -0.2) is 95.9 Å². The van der Waals surface area contributed by atoms with E-state index in [4.69, 9.17) is 32.3 Å². The highest BCUT2D eigenvalue weighted by molar-refractivity contribution is 7.47. The second-order valence-electron chi connectivity index (χ2n) is 20.8. The molecular formula is C63H112O16P2. The molecule has 0 aliphatic rings. The van der Waals surface area contributed by atoms with Crippen molar-refractivity contribution in [3.63, 3.8) is 0 Å². The van der Waals surface area contributed by atoms with E-state index in [0.29, 0.717) is 19.3 Å². The first-order valence-electron chi connectivity index (χ1n) is 31.2. The van der Waals surface area contributed by atoms with Crippen molar-refractivity contribution in [2.45, 2.75) is 270 Å². The molecule has 0 saturated heterocycles. The first kappa shape index (κ1) is 78.0. The highest BCUT2D eigenvalue weighted by Gasteiger charge is 2.29. The molecule has 0 amide bonds. The number of carbonyl (C=O) groups excluding carboxylic acids is 3. The van der Waals surface area contributed by atoms with Gasteiger partial charge in [0.1, 0.15) is 25.4 Å². The Morgan fingerprint density at radius 1 is 0.346 bits per heavy atom. The van der Waals surface area contributed by atoms with Crippen LogP contribution >= 0.6 is 15.6 Å². The number of esters is 3. The van der Waals surface area contributed by atoms with Crippen molar-refractivity contribution in [3.8, 4) is 0 Å². The molecular weight excluding hydrogens is 1070 g/mol. The average Bonchev–Trinajstić information content (AvgIpc) is 3.45. The minimum atomic E-state index is -4.92. The Morgan fingerprint density at radius 2 is 0.617 bits per heavy atom. The van der Waals surface area contributed by atoms with Gasteiger partial charge >= 0.3 is 33.6 Å². The molecule has 0 aromatic carbocycles. The van der Waals surface area contributed by atoms with Gasteiger partial charge in [-0.2, -0.15) is 0 Å². The number of allylic oxidation sites excluding steroid dienone is 12. The maximum atomic E-state index is 12.9. The first-order chi connectivity index (χ1) is 39.2. The molecule has 0 bridgehead atoms. The van der Waals surface area contributed by atoms with Crippen molar-refractivity contribution in [3.05, 3.63) is 72.9 Å². The molecule has 0 aromatic heterocycles. The molecule has 0 heterocycles. The lowest BCUT2D eigenvalue weighted by atomic mass is 10.1. The average molecular weight is 1190 g/mol. The third-order valence-corrected chi connectivity index (χ3v) is 14.8. The number of aliphatic hydroxyl groups is 2. The molecule has 5 atom stereocenters. The van der Waals surface area contributed by atoms with Gasteiger partial charge in [-0.1, -0.05) is 190 Å². The number of carbonyl (C=O) groups is 3. The Labute approximate surface area is 490 Å². The summed E-state index contributed by atoms with van der Waals surface area (Å²) in [5.41, 5.74) is 0. The largest absolute Gasteiger partial charge is 0.472 e. The predicted octanol–water partition coefficient (Wildman–Crippen LogP) is 16.4. The molecule has 0 aliphatic carbocycles. The molecule has 0 aromatic rings. The molecule has 4 N–H and O–H groups in total. The van der Waals surface area contributed by atoms with Crippen LogP contribution in [0.1, 0.15) is 252 Å². The van der Waals surface area contributed by atoms with Gasteiger partial charge in [-0.15, -0.1) is 0 Å². The lowest BCUT2D eigenvalue weighted by Crippen LogP contribution is -2.30. The molecule has 0 radical (unpaired) electrons. The minimum Gasteiger partial charge on any atom is -0.463 e. The Bertz CT molecular complexity index is 1780. The molecule has 0 rings (SSSR count). The molecule has 470 valence electrons. The Hall–Kier alpha value is -3.01. The van der Waals surface area contributed by atoms with E-state index >= 15 is 0 Å². The fourth-order valence-electron chi connectivity index (χ4n) is 8.01. The van der Waals surface area contributed by atoms with E-state index in [-0.39, 0.29) is 19.3 Å². The van der Waals surface area contributed by atoms with E-state index in [0.717, 1.165) is 135 Å². The Kier molecular flexibility index (Phi) is 55.3. The molecule has 81 heavy (non-hydrogen) atoms. The highest BCUT2D eigenvalue weighted by Crippen LogP contribution is 2.45. The second kappa shape index (κ2) is 57.4. The van der Waals surface area contributed by atoms with Crippen LogP contribution in [0.15, 0.2) is 72.9 Å². The smallest absolute Gasteiger partial charge is 0.463 e. The topological polar surface area (TPSA) is 231 Å². The van der Waals surface area contributed by atoms with Crippen LogP contribution in [0.2, 0.25) is 0 Å². The maximum absolute atomic E-state index is 12.9. The fraction of sp³-hybridized carbons (Fsp3) is 0.762. The van der Waals surface area contributed by atoms with Crippen LogP contribution in [0.3, 0.4) is 0 Å². The molecule has 0 spiro atoms. The Morgan fingerprint density at radius 3 is 0.963 bits per heavy atom. The summed E-state index contributed by atoms with van der Waals surface area (Å²) in [6.45, 7) is 2.53. The van der Waals surface area contributed by atoms with Gasteiger partial charge < -0.3 is 34.2 Å². The summed E-state index contributed by atoms with van der Waals surface area (Å²) in [5.74, 6) is -1.62. The molecule has 0 aliphatic heterocycles. The van der Waals surface area contributed by atoms with E-state index in [9.17, 15) is 43.5 Å². The number of phosphoric acid groups is 2. The number of hydrogen-bond acceptors (Lipinski definition) is 14. The van der Waals surface area contributed by atoms with Crippen molar-refractivity contribution < 1.29 is 75.8 Å². The van der Waals surface area contributed by atoms with Gasteiger partial charge in [0.25, 0.3) is 0 Å². The van der Waals surface area contributed by atoms with Crippen molar-refractivity contribution in [1.82, 2.24) is 0 Å². The highest BCUT2D eigenvalue weighted by atomic mass is 31.2. The van der Waals surface area contributed by atoms with Crippen LogP contribution in [0.5, 0.6) is 0 Å². The van der Waals surface area contributed by atoms with Gasteiger partial charge in [0.2, 0.25) is 0 Å². The quantitative estimate of drug-likeness (QED) is 0.0146. The molecule has 0 fully saturated rings. The second-order valence-corrected chi connectivity index (χ2v) is 23.8. The number of aliphatic hydroxyl groups excluding tert-OH is 2. The summed E-state index contributed by atoms with van der Waals surface area (Å²) >= 11 is 0. The number of ether oxygens (including phenoxy) is 3. The summed E-state index contributed by atoms with van der Waals surface area (Å²) in [5, 5.41) is 20.5. The zero-order chi connectivity index (χ0) is 59.6. The van der Waals surface area contributed by atoms with Crippen LogP contribution < -0.4 is 0 Å². The van der Waals surface area contributed by atoms with Crippen LogP contribution in [0, 0.1) is 0 Å². The van der Waals surface area contributed by atoms with Gasteiger partial charge in [0, 0.05) is 19.3 Å². The van der Waals surface area contributed by atoms with E-state index in [1.165, 1.54) is 57.8 Å². The lowest BCUT2D eigenvalue weighted by Gasteiger charge is -2.21. The summed E-state index contributed by atoms with van der Waals surface area (Å²) in [7, 11) is -9.77. The van der Waals surface area contributed by atoms with E-state index in [2.05, 4.69) is 93.7 Å². The summed E-state index contributed by atoms with van der Waals surface area (Å²) < 4.78 is 60.6. The first-order valence-corrected chi connectivity index (χ1v) is 34.2. The zero-order valence-electron chi connectivity index (χ0n) is 50.4. The number of unbranched alkanes of at least 4 members (excludes halogenated alkanes) is 24. The van der Waals surface area contributed by atoms with Crippen molar-refractivity contribution >= 4 is 33.6 Å². The lowest BCUT2D eigenvalue weighted by molar-refractivity contribution is -0.161. The number of hydrogen-bond donors (Lipinski definition) is 4.